The quantitative estimate of drug-likeness (QED) is 0.641. The third kappa shape index (κ3) is 1.78. The number of alkyl halides is 3. The van der Waals surface area contributed by atoms with E-state index in [1.807, 2.05) is 6.92 Å². The number of halogens is 4. The maximum atomic E-state index is 13.1. The molecule has 5 heteroatoms. The molecule has 1 aromatic carbocycles. The van der Waals surface area contributed by atoms with E-state index in [4.69, 9.17) is 10.7 Å². The second-order valence-corrected chi connectivity index (χ2v) is 7.97. The van der Waals surface area contributed by atoms with Crippen molar-refractivity contribution < 1.29 is 13.2 Å². The van der Waals surface area contributed by atoms with Gasteiger partial charge in [0, 0.05) is 4.90 Å². The molecule has 0 N–H and O–H groups in total. The van der Waals surface area contributed by atoms with Crippen LogP contribution in [0.4, 0.5) is 13.2 Å². The highest BCUT2D eigenvalue weighted by molar-refractivity contribution is 8.54. The smallest absolute Gasteiger partial charge is 0.160 e. The molecular formula is C12H12ClF3S. The summed E-state index contributed by atoms with van der Waals surface area (Å²) in [5.41, 5.74) is -2.76. The van der Waals surface area contributed by atoms with Crippen LogP contribution in [-0.2, 0) is 6.42 Å². The van der Waals surface area contributed by atoms with E-state index in [1.165, 1.54) is 13.0 Å². The van der Waals surface area contributed by atoms with Gasteiger partial charge in [0.15, 0.2) is 0 Å². The van der Waals surface area contributed by atoms with Crippen LogP contribution in [0.15, 0.2) is 28.0 Å². The first-order valence-electron chi connectivity index (χ1n) is 5.21. The molecule has 2 rings (SSSR count). The maximum absolute atomic E-state index is 13.1. The standard InChI is InChI=1S/C12H12ClF3S/c1-3-9-4-5-11-10(7-9)6-8(2)17(11,13)12(14,15)16/h4-7H,3H2,1-2H3. The topological polar surface area (TPSA) is 0 Å². The lowest BCUT2D eigenvalue weighted by Crippen LogP contribution is -2.15. The van der Waals surface area contributed by atoms with Crippen molar-refractivity contribution >= 4 is 26.0 Å². The summed E-state index contributed by atoms with van der Waals surface area (Å²) in [4.78, 5) is 0.441. The summed E-state index contributed by atoms with van der Waals surface area (Å²) in [5, 5.41) is 0. The lowest BCUT2D eigenvalue weighted by atomic mass is 10.1. The minimum Gasteiger partial charge on any atom is -0.160 e. The second kappa shape index (κ2) is 3.95. The minimum absolute atomic E-state index is 0.218. The van der Waals surface area contributed by atoms with Gasteiger partial charge in [-0.25, -0.2) is 0 Å². The van der Waals surface area contributed by atoms with E-state index < -0.39 is 14.7 Å². The van der Waals surface area contributed by atoms with Gasteiger partial charge in [0.2, 0.25) is 0 Å². The molecule has 0 radical (unpaired) electrons. The van der Waals surface area contributed by atoms with Crippen molar-refractivity contribution in [3.8, 4) is 0 Å². The fourth-order valence-corrected chi connectivity index (χ4v) is 4.47. The Hall–Kier alpha value is -0.610. The van der Waals surface area contributed by atoms with Crippen LogP contribution >= 0.6 is 19.9 Å². The first-order chi connectivity index (χ1) is 7.80. The van der Waals surface area contributed by atoms with Gasteiger partial charge in [0.05, 0.1) is 0 Å². The van der Waals surface area contributed by atoms with Crippen molar-refractivity contribution in [2.75, 3.05) is 0 Å². The third-order valence-electron chi connectivity index (χ3n) is 2.91. The van der Waals surface area contributed by atoms with E-state index in [2.05, 4.69) is 0 Å². The number of benzene rings is 1. The zero-order chi connectivity index (χ0) is 12.8. The zero-order valence-electron chi connectivity index (χ0n) is 9.44. The van der Waals surface area contributed by atoms with Crippen LogP contribution in [0.25, 0.3) is 6.08 Å². The zero-order valence-corrected chi connectivity index (χ0v) is 11.0. The van der Waals surface area contributed by atoms with Crippen LogP contribution in [0.2, 0.25) is 0 Å². The first-order valence-corrected chi connectivity index (χ1v) is 7.67. The number of rotatable bonds is 1. The summed E-state index contributed by atoms with van der Waals surface area (Å²) in [6.45, 7) is 3.43. The highest BCUT2D eigenvalue weighted by Crippen LogP contribution is 2.79. The van der Waals surface area contributed by atoms with E-state index in [9.17, 15) is 13.2 Å². The Kier molecular flexibility index (Phi) is 2.99. The maximum Gasteiger partial charge on any atom is 0.445 e. The van der Waals surface area contributed by atoms with E-state index in [0.717, 1.165) is 12.0 Å². The lowest BCUT2D eigenvalue weighted by Gasteiger charge is -2.33. The normalized spacial score (nSPS) is 27.3. The summed E-state index contributed by atoms with van der Waals surface area (Å²) >= 11 is 0. The minimum atomic E-state index is -4.39. The molecule has 0 amide bonds. The molecule has 1 aliphatic rings. The van der Waals surface area contributed by atoms with Crippen molar-refractivity contribution in [3.63, 3.8) is 0 Å². The van der Waals surface area contributed by atoms with Crippen molar-refractivity contribution in [2.45, 2.75) is 30.7 Å². The number of hydrogen-bond donors (Lipinski definition) is 0. The summed E-state index contributed by atoms with van der Waals surface area (Å²) < 4.78 is 39.4. The molecule has 0 bridgehead atoms. The van der Waals surface area contributed by atoms with Crippen molar-refractivity contribution in [1.29, 1.82) is 0 Å². The van der Waals surface area contributed by atoms with Crippen LogP contribution < -0.4 is 0 Å². The van der Waals surface area contributed by atoms with Gasteiger partial charge >= 0.3 is 5.51 Å². The van der Waals surface area contributed by atoms with Gasteiger partial charge in [-0.3, -0.25) is 0 Å². The lowest BCUT2D eigenvalue weighted by molar-refractivity contribution is -0.0359. The van der Waals surface area contributed by atoms with Gasteiger partial charge in [-0.05, 0) is 61.4 Å². The van der Waals surface area contributed by atoms with E-state index >= 15 is 0 Å². The van der Waals surface area contributed by atoms with Crippen molar-refractivity contribution in [3.05, 3.63) is 34.2 Å². The summed E-state index contributed by atoms with van der Waals surface area (Å²) in [5.74, 6) is 0. The summed E-state index contributed by atoms with van der Waals surface area (Å²) in [6.07, 6.45) is 2.36. The summed E-state index contributed by atoms with van der Waals surface area (Å²) in [6, 6.07) is 5.04. The van der Waals surface area contributed by atoms with Gasteiger partial charge in [0.1, 0.15) is 0 Å². The van der Waals surface area contributed by atoms with Crippen LogP contribution in [0, 0.1) is 0 Å². The predicted octanol–water partition coefficient (Wildman–Crippen LogP) is 5.46. The molecular weight excluding hydrogens is 269 g/mol. The average molecular weight is 281 g/mol. The Morgan fingerprint density at radius 3 is 2.47 bits per heavy atom. The fourth-order valence-electron chi connectivity index (χ4n) is 1.97. The molecule has 17 heavy (non-hydrogen) atoms. The van der Waals surface area contributed by atoms with Crippen molar-refractivity contribution in [1.82, 2.24) is 0 Å². The van der Waals surface area contributed by atoms with E-state index in [-0.39, 0.29) is 9.80 Å². The van der Waals surface area contributed by atoms with Gasteiger partial charge in [-0.1, -0.05) is 19.1 Å². The molecule has 1 atom stereocenters. The molecule has 0 saturated carbocycles. The molecule has 0 nitrogen and oxygen atoms in total. The first kappa shape index (κ1) is 12.8. The predicted molar refractivity (Wildman–Crippen MR) is 67.2 cm³/mol. The molecule has 1 unspecified atom stereocenters. The molecule has 94 valence electrons. The number of fused-ring (bicyclic) bond motifs is 1. The van der Waals surface area contributed by atoms with Gasteiger partial charge in [-0.2, -0.15) is 13.2 Å². The Morgan fingerprint density at radius 2 is 1.94 bits per heavy atom. The highest BCUT2D eigenvalue weighted by Gasteiger charge is 2.54. The van der Waals surface area contributed by atoms with Crippen LogP contribution in [0.3, 0.4) is 0 Å². The monoisotopic (exact) mass is 280 g/mol. The Morgan fingerprint density at radius 1 is 1.29 bits per heavy atom. The van der Waals surface area contributed by atoms with Crippen LogP contribution in [0.1, 0.15) is 25.0 Å². The van der Waals surface area contributed by atoms with E-state index in [0.29, 0.717) is 5.56 Å². The van der Waals surface area contributed by atoms with Gasteiger partial charge < -0.3 is 0 Å². The molecule has 0 saturated heterocycles. The molecule has 0 fully saturated rings. The molecule has 0 spiro atoms. The van der Waals surface area contributed by atoms with Crippen molar-refractivity contribution in [2.24, 2.45) is 0 Å². The van der Waals surface area contributed by atoms with E-state index in [1.54, 1.807) is 18.2 Å². The molecule has 1 aliphatic heterocycles. The summed E-state index contributed by atoms with van der Waals surface area (Å²) in [7, 11) is 2.56. The Balaban J connectivity index is 2.62. The average Bonchev–Trinajstić information content (AvgIpc) is 2.51. The van der Waals surface area contributed by atoms with Gasteiger partial charge in [-0.15, -0.1) is 0 Å². The largest absolute Gasteiger partial charge is 0.445 e. The third-order valence-corrected chi connectivity index (χ3v) is 7.28. The van der Waals surface area contributed by atoms with Crippen LogP contribution in [0.5, 0.6) is 0 Å². The fraction of sp³-hybridized carbons (Fsp3) is 0.333. The van der Waals surface area contributed by atoms with Gasteiger partial charge in [0.25, 0.3) is 0 Å². The molecule has 0 aromatic heterocycles. The highest BCUT2D eigenvalue weighted by atomic mass is 35.7. The number of aryl methyl sites for hydroxylation is 1. The SMILES string of the molecule is CCc1ccc2c(c1)C=C(C)S2(Cl)C(F)(F)F. The number of hydrogen-bond acceptors (Lipinski definition) is 0. The molecule has 0 aliphatic carbocycles. The Labute approximate surface area is 104 Å². The molecule has 1 heterocycles. The van der Waals surface area contributed by atoms with Crippen LogP contribution in [-0.4, -0.2) is 5.51 Å². The molecule has 1 aromatic rings. The Bertz CT molecular complexity index is 493. The second-order valence-electron chi connectivity index (χ2n) is 3.96. The number of allylic oxidation sites excluding steroid dienone is 1.